The highest BCUT2D eigenvalue weighted by Gasteiger charge is 2.29. The number of fused-ring (bicyclic) bond motifs is 2. The number of rotatable bonds is 3. The zero-order valence-electron chi connectivity index (χ0n) is 16.1. The molecule has 150 valence electrons. The molecule has 0 atom stereocenters. The minimum Gasteiger partial charge on any atom is -0.322 e. The molecule has 0 aliphatic carbocycles. The summed E-state index contributed by atoms with van der Waals surface area (Å²) in [6, 6.07) is 19.9. The van der Waals surface area contributed by atoms with E-state index in [1.807, 2.05) is 84.0 Å². The van der Waals surface area contributed by atoms with Crippen molar-refractivity contribution in [2.75, 3.05) is 9.21 Å². The van der Waals surface area contributed by atoms with Gasteiger partial charge in [0.1, 0.15) is 0 Å². The Kier molecular flexibility index (Phi) is 4.61. The van der Waals surface area contributed by atoms with Gasteiger partial charge < -0.3 is 4.90 Å². The zero-order chi connectivity index (χ0) is 20.6. The van der Waals surface area contributed by atoms with Crippen molar-refractivity contribution in [2.24, 2.45) is 4.99 Å². The lowest BCUT2D eigenvalue weighted by atomic mass is 10.1. The Bertz CT molecular complexity index is 1300. The molecule has 3 aromatic carbocycles. The summed E-state index contributed by atoms with van der Waals surface area (Å²) in [5.41, 5.74) is 3.50. The van der Waals surface area contributed by atoms with Gasteiger partial charge in [0, 0.05) is 37.0 Å². The molecule has 30 heavy (non-hydrogen) atoms. The lowest BCUT2D eigenvalue weighted by Gasteiger charge is -2.32. The van der Waals surface area contributed by atoms with Crippen LogP contribution in [-0.2, 0) is 23.3 Å². The Morgan fingerprint density at radius 2 is 1.83 bits per heavy atom. The molecule has 0 saturated carbocycles. The van der Waals surface area contributed by atoms with Gasteiger partial charge in [0.25, 0.3) is 0 Å². The van der Waals surface area contributed by atoms with Crippen LogP contribution in [0.2, 0.25) is 0 Å². The van der Waals surface area contributed by atoms with Crippen molar-refractivity contribution in [1.82, 2.24) is 4.72 Å². The lowest BCUT2D eigenvalue weighted by Crippen LogP contribution is -2.44. The summed E-state index contributed by atoms with van der Waals surface area (Å²) in [6.45, 7) is 0.529. The molecule has 2 heterocycles. The minimum absolute atomic E-state index is 0.261. The average molecular weight is 417 g/mol. The van der Waals surface area contributed by atoms with Gasteiger partial charge in [0.05, 0.1) is 12.2 Å². The summed E-state index contributed by atoms with van der Waals surface area (Å²) in [5.74, 6) is 0. The smallest absolute Gasteiger partial charge is 0.302 e. The molecule has 1 N–H and O–H groups in total. The van der Waals surface area contributed by atoms with E-state index >= 15 is 0 Å². The van der Waals surface area contributed by atoms with Gasteiger partial charge in [0.2, 0.25) is 0 Å². The largest absolute Gasteiger partial charge is 0.322 e. The third-order valence-electron chi connectivity index (χ3n) is 5.24. The van der Waals surface area contributed by atoms with E-state index in [9.17, 15) is 8.42 Å². The number of hydrogen-bond donors (Lipinski definition) is 1. The molecule has 0 bridgehead atoms. The number of aliphatic imine (C=N–C) groups is 1. The predicted molar refractivity (Wildman–Crippen MR) is 122 cm³/mol. The molecule has 0 fully saturated rings. The molecule has 0 amide bonds. The van der Waals surface area contributed by atoms with Crippen molar-refractivity contribution in [1.29, 1.82) is 0 Å². The second-order valence-electron chi connectivity index (χ2n) is 7.17. The van der Waals surface area contributed by atoms with Gasteiger partial charge in [-0.2, -0.15) is 13.1 Å². The quantitative estimate of drug-likeness (QED) is 0.700. The van der Waals surface area contributed by atoms with Gasteiger partial charge in [-0.25, -0.2) is 0 Å². The number of nitrogens with one attached hydrogen (secondary N) is 1. The Morgan fingerprint density at radius 3 is 2.73 bits per heavy atom. The number of nitrogens with zero attached hydrogens (tertiary/aromatic N) is 3. The highest BCUT2D eigenvalue weighted by molar-refractivity contribution is 7.90. The van der Waals surface area contributed by atoms with Crippen molar-refractivity contribution in [3.05, 3.63) is 96.5 Å². The van der Waals surface area contributed by atoms with Crippen LogP contribution in [-0.4, -0.2) is 14.6 Å². The Balaban J connectivity index is 1.50. The second-order valence-corrected chi connectivity index (χ2v) is 8.85. The van der Waals surface area contributed by atoms with Crippen LogP contribution in [0.3, 0.4) is 0 Å². The van der Waals surface area contributed by atoms with E-state index in [2.05, 4.69) is 9.71 Å². The number of benzene rings is 3. The fourth-order valence-electron chi connectivity index (χ4n) is 3.73. The SMILES string of the molecule is O=S1(=O)NCc2cc(N3C=CC=NC=C3)ccc2N1Cc1ccc2ccccc2c1. The summed E-state index contributed by atoms with van der Waals surface area (Å²) in [5, 5.41) is 2.23. The van der Waals surface area contributed by atoms with Crippen LogP contribution in [0.15, 0.2) is 90.3 Å². The maximum absolute atomic E-state index is 12.8. The van der Waals surface area contributed by atoms with E-state index in [0.29, 0.717) is 5.69 Å². The fraction of sp³-hybridized carbons (Fsp3) is 0.0870. The van der Waals surface area contributed by atoms with Crippen molar-refractivity contribution < 1.29 is 8.42 Å². The van der Waals surface area contributed by atoms with Crippen LogP contribution >= 0.6 is 0 Å². The van der Waals surface area contributed by atoms with Gasteiger partial charge in [-0.15, -0.1) is 0 Å². The maximum Gasteiger partial charge on any atom is 0.302 e. The first-order valence-electron chi connectivity index (χ1n) is 9.63. The lowest BCUT2D eigenvalue weighted by molar-refractivity contribution is 0.571. The van der Waals surface area contributed by atoms with Crippen LogP contribution < -0.4 is 13.9 Å². The maximum atomic E-state index is 12.8. The Hall–Kier alpha value is -3.42. The Morgan fingerprint density at radius 1 is 0.967 bits per heavy atom. The van der Waals surface area contributed by atoms with E-state index < -0.39 is 10.2 Å². The average Bonchev–Trinajstić information content (AvgIpc) is 3.05. The molecule has 0 unspecified atom stereocenters. The summed E-state index contributed by atoms with van der Waals surface area (Å²) in [4.78, 5) is 6.05. The zero-order valence-corrected chi connectivity index (χ0v) is 17.0. The highest BCUT2D eigenvalue weighted by Crippen LogP contribution is 2.33. The molecule has 5 rings (SSSR count). The van der Waals surface area contributed by atoms with Crippen molar-refractivity contribution in [3.63, 3.8) is 0 Å². The number of hydrogen-bond acceptors (Lipinski definition) is 4. The van der Waals surface area contributed by atoms with Crippen molar-refractivity contribution in [3.8, 4) is 0 Å². The number of allylic oxidation sites excluding steroid dienone is 1. The minimum atomic E-state index is -3.61. The van der Waals surface area contributed by atoms with Gasteiger partial charge in [-0.3, -0.25) is 9.30 Å². The van der Waals surface area contributed by atoms with Crippen LogP contribution in [0.4, 0.5) is 11.4 Å². The van der Waals surface area contributed by atoms with Crippen LogP contribution in [0.5, 0.6) is 0 Å². The fourth-order valence-corrected chi connectivity index (χ4v) is 4.98. The summed E-state index contributed by atoms with van der Waals surface area (Å²) in [7, 11) is -3.61. The first-order valence-corrected chi connectivity index (χ1v) is 11.1. The molecule has 0 aromatic heterocycles. The Labute approximate surface area is 175 Å². The summed E-state index contributed by atoms with van der Waals surface area (Å²) >= 11 is 0. The van der Waals surface area contributed by atoms with Crippen molar-refractivity contribution in [2.45, 2.75) is 13.1 Å². The molecule has 0 saturated heterocycles. The monoisotopic (exact) mass is 416 g/mol. The molecular formula is C23H20N4O2S. The van der Waals surface area contributed by atoms with E-state index in [-0.39, 0.29) is 13.1 Å². The van der Waals surface area contributed by atoms with Crippen LogP contribution in [0.1, 0.15) is 11.1 Å². The topological polar surface area (TPSA) is 65.0 Å². The first-order chi connectivity index (χ1) is 14.6. The molecule has 7 heteroatoms. The molecule has 2 aliphatic heterocycles. The third kappa shape index (κ3) is 3.49. The van der Waals surface area contributed by atoms with E-state index in [1.54, 1.807) is 12.4 Å². The highest BCUT2D eigenvalue weighted by atomic mass is 32.2. The second kappa shape index (κ2) is 7.44. The first kappa shape index (κ1) is 18.6. The van der Waals surface area contributed by atoms with Crippen LogP contribution in [0.25, 0.3) is 10.8 Å². The van der Waals surface area contributed by atoms with E-state index in [1.165, 1.54) is 4.31 Å². The third-order valence-corrected chi connectivity index (χ3v) is 6.65. The normalized spacial score (nSPS) is 17.2. The molecule has 0 spiro atoms. The molecule has 0 radical (unpaired) electrons. The van der Waals surface area contributed by atoms with Gasteiger partial charge in [0.15, 0.2) is 0 Å². The molecule has 6 nitrogen and oxygen atoms in total. The van der Waals surface area contributed by atoms with E-state index in [4.69, 9.17) is 0 Å². The van der Waals surface area contributed by atoms with Gasteiger partial charge in [-0.05, 0) is 52.2 Å². The molecular weight excluding hydrogens is 396 g/mol. The van der Waals surface area contributed by atoms with Crippen molar-refractivity contribution >= 4 is 38.6 Å². The van der Waals surface area contributed by atoms with E-state index in [0.717, 1.165) is 27.6 Å². The predicted octanol–water partition coefficient (Wildman–Crippen LogP) is 4.07. The molecule has 2 aliphatic rings. The number of anilines is 2. The summed E-state index contributed by atoms with van der Waals surface area (Å²) < 4.78 is 29.7. The standard InChI is InChI=1S/C23H20N4O2S/c28-30(29)25-16-21-15-22(26-12-3-10-24-11-13-26)8-9-23(21)27(30)17-18-6-7-19-4-1-2-5-20(19)14-18/h1-15,25H,16-17H2. The van der Waals surface area contributed by atoms with Crippen LogP contribution in [0, 0.1) is 0 Å². The molecule has 3 aromatic rings. The van der Waals surface area contributed by atoms with Gasteiger partial charge in [-0.1, -0.05) is 36.4 Å². The summed E-state index contributed by atoms with van der Waals surface area (Å²) in [6.07, 6.45) is 9.06. The van der Waals surface area contributed by atoms with Gasteiger partial charge >= 0.3 is 10.2 Å².